The van der Waals surface area contributed by atoms with Gasteiger partial charge in [0.2, 0.25) is 0 Å². The molecule has 0 radical (unpaired) electrons. The average molecular weight is 495 g/mol. The van der Waals surface area contributed by atoms with E-state index >= 15 is 0 Å². The zero-order valence-corrected chi connectivity index (χ0v) is 20.9. The molecule has 5 heterocycles. The summed E-state index contributed by atoms with van der Waals surface area (Å²) >= 11 is 0. The molecular weight excluding hydrogens is 452 g/mol. The van der Waals surface area contributed by atoms with Crippen LogP contribution in [0, 0.1) is 5.92 Å². The van der Waals surface area contributed by atoms with E-state index in [1.807, 2.05) is 6.92 Å². The number of hydrogen-bond donors (Lipinski definition) is 2. The number of carbonyl (C=O) groups excluding carboxylic acids is 1. The molecule has 0 bridgehead atoms. The Kier molecular flexibility index (Phi) is 8.28. The molecule has 5 rings (SSSR count). The second-order valence-electron chi connectivity index (χ2n) is 11.4. The van der Waals surface area contributed by atoms with Crippen LogP contribution in [0.25, 0.3) is 0 Å². The van der Waals surface area contributed by atoms with Crippen molar-refractivity contribution in [2.24, 2.45) is 5.92 Å². The smallest absolute Gasteiger partial charge is 0.135 e. The standard InChI is InChI=1S/C27H42O8/c1-15-9-19(32-14-15)3-4-21-12-22(29)27(34-21)25-13-23(30)26-24(35-25)6-5-20(33-26)11-18(28)10-17-7-8-31-16(17)2/h16-17,19-27,29-30H,1,3-14H2,2H3/t16-,17-,19-,20+,21+,22+,23+,24-,25?,26?,27-/m0/s1. The predicted octanol–water partition coefficient (Wildman–Crippen LogP) is 2.47. The summed E-state index contributed by atoms with van der Waals surface area (Å²) in [4.78, 5) is 12.6. The fraction of sp³-hybridized carbons (Fsp3) is 0.889. The van der Waals surface area contributed by atoms with Crippen molar-refractivity contribution in [3.63, 3.8) is 0 Å². The summed E-state index contributed by atoms with van der Waals surface area (Å²) in [5.41, 5.74) is 1.14. The zero-order chi connectivity index (χ0) is 24.5. The molecule has 5 saturated heterocycles. The first kappa shape index (κ1) is 25.8. The number of aliphatic hydroxyl groups is 2. The Bertz CT molecular complexity index is 757. The summed E-state index contributed by atoms with van der Waals surface area (Å²) in [7, 11) is 0. The van der Waals surface area contributed by atoms with Crippen molar-refractivity contribution in [2.75, 3.05) is 13.2 Å². The Morgan fingerprint density at radius 1 is 0.886 bits per heavy atom. The summed E-state index contributed by atoms with van der Waals surface area (Å²) < 4.78 is 30.0. The van der Waals surface area contributed by atoms with Gasteiger partial charge in [-0.2, -0.15) is 0 Å². The lowest BCUT2D eigenvalue weighted by Crippen LogP contribution is -2.57. The summed E-state index contributed by atoms with van der Waals surface area (Å²) in [6.45, 7) is 7.40. The molecular formula is C27H42O8. The molecule has 198 valence electrons. The quantitative estimate of drug-likeness (QED) is 0.496. The van der Waals surface area contributed by atoms with Crippen LogP contribution in [0.15, 0.2) is 12.2 Å². The van der Waals surface area contributed by atoms with E-state index in [1.165, 1.54) is 0 Å². The van der Waals surface area contributed by atoms with Crippen LogP contribution >= 0.6 is 0 Å². The molecule has 0 aromatic rings. The number of carbonyl (C=O) groups is 1. The Morgan fingerprint density at radius 3 is 2.37 bits per heavy atom. The first-order chi connectivity index (χ1) is 16.9. The van der Waals surface area contributed by atoms with Gasteiger partial charge >= 0.3 is 0 Å². The molecule has 2 N–H and O–H groups in total. The second-order valence-corrected chi connectivity index (χ2v) is 11.4. The predicted molar refractivity (Wildman–Crippen MR) is 127 cm³/mol. The van der Waals surface area contributed by atoms with Gasteiger partial charge in [0.25, 0.3) is 0 Å². The van der Waals surface area contributed by atoms with Gasteiger partial charge in [-0.05, 0) is 56.9 Å². The third kappa shape index (κ3) is 6.17. The third-order valence-electron chi connectivity index (χ3n) is 8.62. The van der Waals surface area contributed by atoms with Crippen LogP contribution in [0.2, 0.25) is 0 Å². The Morgan fingerprint density at radius 2 is 1.63 bits per heavy atom. The Labute approximate surface area is 208 Å². The fourth-order valence-corrected chi connectivity index (χ4v) is 6.59. The monoisotopic (exact) mass is 494 g/mol. The van der Waals surface area contributed by atoms with E-state index in [9.17, 15) is 15.0 Å². The Balaban J connectivity index is 1.08. The van der Waals surface area contributed by atoms with Crippen LogP contribution in [0.1, 0.15) is 71.1 Å². The van der Waals surface area contributed by atoms with E-state index < -0.39 is 24.4 Å². The van der Waals surface area contributed by atoms with Gasteiger partial charge in [0.15, 0.2) is 0 Å². The number of ketones is 1. The summed E-state index contributed by atoms with van der Waals surface area (Å²) in [6.07, 6.45) is 4.23. The van der Waals surface area contributed by atoms with Gasteiger partial charge in [-0.25, -0.2) is 0 Å². The maximum absolute atomic E-state index is 12.6. The number of hydrogen-bond acceptors (Lipinski definition) is 8. The van der Waals surface area contributed by atoms with E-state index in [4.69, 9.17) is 23.7 Å². The van der Waals surface area contributed by atoms with Gasteiger partial charge in [-0.3, -0.25) is 4.79 Å². The maximum Gasteiger partial charge on any atom is 0.135 e. The molecule has 35 heavy (non-hydrogen) atoms. The average Bonchev–Trinajstić information content (AvgIpc) is 3.53. The fourth-order valence-electron chi connectivity index (χ4n) is 6.59. The van der Waals surface area contributed by atoms with Gasteiger partial charge in [0, 0.05) is 32.3 Å². The maximum atomic E-state index is 12.6. The van der Waals surface area contributed by atoms with Crippen LogP contribution < -0.4 is 0 Å². The van der Waals surface area contributed by atoms with Gasteiger partial charge in [0.05, 0.1) is 55.4 Å². The SMILES string of the molecule is C=C1CO[C@@H](CC[C@@H]2C[C@@H](O)[C@@H](C3C[C@@H](O)C4O[C@@H](CC(=O)C[C@@H]5CCO[C@H]5C)CC[C@@H]4O3)O2)C1. The topological polar surface area (TPSA) is 104 Å². The van der Waals surface area contributed by atoms with Crippen molar-refractivity contribution >= 4 is 5.78 Å². The molecule has 5 aliphatic rings. The lowest BCUT2D eigenvalue weighted by atomic mass is 9.87. The number of rotatable bonds is 8. The van der Waals surface area contributed by atoms with Gasteiger partial charge in [-0.15, -0.1) is 0 Å². The molecule has 11 atom stereocenters. The number of Topliss-reactive ketones (excluding diaryl/α,β-unsaturated/α-hetero) is 1. The summed E-state index contributed by atoms with van der Waals surface area (Å²) in [6, 6.07) is 0. The van der Waals surface area contributed by atoms with Crippen molar-refractivity contribution in [1.29, 1.82) is 0 Å². The molecule has 0 amide bonds. The minimum atomic E-state index is -0.701. The Hall–Kier alpha value is -0.870. The van der Waals surface area contributed by atoms with Crippen molar-refractivity contribution in [1.82, 2.24) is 0 Å². The van der Waals surface area contributed by atoms with Crippen molar-refractivity contribution in [3.8, 4) is 0 Å². The molecule has 5 fully saturated rings. The van der Waals surface area contributed by atoms with Crippen molar-refractivity contribution < 1.29 is 38.7 Å². The third-order valence-corrected chi connectivity index (χ3v) is 8.62. The molecule has 0 aromatic heterocycles. The number of aliphatic hydroxyl groups excluding tert-OH is 2. The first-order valence-corrected chi connectivity index (χ1v) is 13.6. The highest BCUT2D eigenvalue weighted by Gasteiger charge is 2.49. The van der Waals surface area contributed by atoms with Crippen molar-refractivity contribution in [3.05, 3.63) is 12.2 Å². The van der Waals surface area contributed by atoms with Crippen molar-refractivity contribution in [2.45, 2.75) is 132 Å². The molecule has 8 heteroatoms. The zero-order valence-electron chi connectivity index (χ0n) is 20.9. The molecule has 2 unspecified atom stereocenters. The minimum absolute atomic E-state index is 0.0306. The van der Waals surface area contributed by atoms with E-state index in [0.717, 1.165) is 50.7 Å². The van der Waals surface area contributed by atoms with E-state index in [-0.39, 0.29) is 42.4 Å². The number of fused-ring (bicyclic) bond motifs is 1. The normalized spacial score (nSPS) is 46.1. The van der Waals surface area contributed by atoms with Crippen LogP contribution in [0.5, 0.6) is 0 Å². The molecule has 0 aromatic carbocycles. The van der Waals surface area contributed by atoms with E-state index in [0.29, 0.717) is 38.2 Å². The van der Waals surface area contributed by atoms with Gasteiger partial charge in [0.1, 0.15) is 18.0 Å². The molecule has 5 aliphatic heterocycles. The van der Waals surface area contributed by atoms with Crippen LogP contribution in [0.4, 0.5) is 0 Å². The second kappa shape index (κ2) is 11.3. The molecule has 0 spiro atoms. The molecule has 0 saturated carbocycles. The highest BCUT2D eigenvalue weighted by molar-refractivity contribution is 5.79. The lowest BCUT2D eigenvalue weighted by Gasteiger charge is -2.46. The van der Waals surface area contributed by atoms with E-state index in [2.05, 4.69) is 6.58 Å². The van der Waals surface area contributed by atoms with Crippen LogP contribution in [-0.2, 0) is 28.5 Å². The highest BCUT2D eigenvalue weighted by Crippen LogP contribution is 2.38. The van der Waals surface area contributed by atoms with Crippen LogP contribution in [0.3, 0.4) is 0 Å². The summed E-state index contributed by atoms with van der Waals surface area (Å²) in [5.74, 6) is 0.510. The number of ether oxygens (including phenoxy) is 5. The van der Waals surface area contributed by atoms with E-state index in [1.54, 1.807) is 0 Å². The molecule has 8 nitrogen and oxygen atoms in total. The minimum Gasteiger partial charge on any atom is -0.390 e. The highest BCUT2D eigenvalue weighted by atomic mass is 16.6. The van der Waals surface area contributed by atoms with Gasteiger partial charge < -0.3 is 33.9 Å². The summed E-state index contributed by atoms with van der Waals surface area (Å²) in [5, 5.41) is 21.6. The lowest BCUT2D eigenvalue weighted by molar-refractivity contribution is -0.247. The first-order valence-electron chi connectivity index (χ1n) is 13.6. The van der Waals surface area contributed by atoms with Gasteiger partial charge in [-0.1, -0.05) is 6.58 Å². The largest absolute Gasteiger partial charge is 0.390 e. The molecule has 0 aliphatic carbocycles. The van der Waals surface area contributed by atoms with Crippen LogP contribution in [-0.4, -0.2) is 90.2 Å².